The fourth-order valence-corrected chi connectivity index (χ4v) is 3.26. The van der Waals surface area contributed by atoms with E-state index < -0.39 is 9.84 Å². The molecule has 0 aliphatic carbocycles. The van der Waals surface area contributed by atoms with Gasteiger partial charge in [0.25, 0.3) is 0 Å². The van der Waals surface area contributed by atoms with Crippen LogP contribution in [-0.4, -0.2) is 39.2 Å². The van der Waals surface area contributed by atoms with Crippen LogP contribution in [0.1, 0.15) is 12.8 Å². The van der Waals surface area contributed by atoms with Gasteiger partial charge in [-0.15, -0.1) is 0 Å². The molecule has 1 aliphatic heterocycles. The number of benzene rings is 1. The second-order valence-electron chi connectivity index (χ2n) is 4.57. The highest BCUT2D eigenvalue weighted by Gasteiger charge is 2.22. The number of rotatable bonds is 5. The molecule has 104 valence electrons. The maximum atomic E-state index is 12.0. The number of hydrogen-bond donors (Lipinski definition) is 2. The van der Waals surface area contributed by atoms with Gasteiger partial charge in [0, 0.05) is 6.54 Å². The zero-order valence-electron chi connectivity index (χ0n) is 10.6. The molecule has 0 radical (unpaired) electrons. The summed E-state index contributed by atoms with van der Waals surface area (Å²) in [7, 11) is -3.31. The molecule has 1 aliphatic rings. The van der Waals surface area contributed by atoms with Gasteiger partial charge >= 0.3 is 0 Å². The van der Waals surface area contributed by atoms with Gasteiger partial charge in [0.2, 0.25) is 5.91 Å². The van der Waals surface area contributed by atoms with E-state index in [1.54, 1.807) is 30.3 Å². The van der Waals surface area contributed by atoms with E-state index >= 15 is 0 Å². The van der Waals surface area contributed by atoms with Crippen molar-refractivity contribution in [3.05, 3.63) is 30.3 Å². The lowest BCUT2D eigenvalue weighted by Gasteiger charge is -2.11. The van der Waals surface area contributed by atoms with Crippen molar-refractivity contribution in [3.8, 4) is 0 Å². The molecule has 0 aromatic heterocycles. The topological polar surface area (TPSA) is 75.3 Å². The lowest BCUT2D eigenvalue weighted by atomic mass is 10.2. The van der Waals surface area contributed by atoms with E-state index in [9.17, 15) is 13.2 Å². The van der Waals surface area contributed by atoms with Crippen molar-refractivity contribution < 1.29 is 13.2 Å². The summed E-state index contributed by atoms with van der Waals surface area (Å²) in [4.78, 5) is 12.0. The molecule has 1 unspecified atom stereocenters. The van der Waals surface area contributed by atoms with E-state index in [0.717, 1.165) is 19.4 Å². The molecule has 5 nitrogen and oxygen atoms in total. The van der Waals surface area contributed by atoms with Crippen LogP contribution in [-0.2, 0) is 14.6 Å². The number of amides is 1. The Morgan fingerprint density at radius 3 is 2.68 bits per heavy atom. The van der Waals surface area contributed by atoms with Gasteiger partial charge in [-0.25, -0.2) is 8.42 Å². The summed E-state index contributed by atoms with van der Waals surface area (Å²) in [5.74, 6) is -0.184. The van der Waals surface area contributed by atoms with Crippen molar-refractivity contribution in [1.82, 2.24) is 10.6 Å². The second-order valence-corrected chi connectivity index (χ2v) is 6.68. The van der Waals surface area contributed by atoms with Gasteiger partial charge in [0.05, 0.1) is 16.7 Å². The normalized spacial score (nSPS) is 19.3. The van der Waals surface area contributed by atoms with Crippen LogP contribution < -0.4 is 10.6 Å². The van der Waals surface area contributed by atoms with Crippen LogP contribution in [0.25, 0.3) is 0 Å². The van der Waals surface area contributed by atoms with Crippen LogP contribution >= 0.6 is 0 Å². The molecule has 1 aromatic carbocycles. The average Bonchev–Trinajstić information content (AvgIpc) is 2.93. The van der Waals surface area contributed by atoms with E-state index in [0.29, 0.717) is 4.90 Å². The third kappa shape index (κ3) is 3.78. The van der Waals surface area contributed by atoms with E-state index in [1.165, 1.54) is 0 Å². The molecule has 1 aromatic rings. The predicted molar refractivity (Wildman–Crippen MR) is 72.5 cm³/mol. The zero-order valence-corrected chi connectivity index (χ0v) is 11.4. The molecule has 0 saturated carbocycles. The Balaban J connectivity index is 1.83. The first kappa shape index (κ1) is 14.0. The van der Waals surface area contributed by atoms with Gasteiger partial charge in [0.15, 0.2) is 9.84 Å². The van der Waals surface area contributed by atoms with Crippen molar-refractivity contribution >= 4 is 15.7 Å². The first-order valence-corrected chi connectivity index (χ1v) is 8.04. The SMILES string of the molecule is O=C(NCCS(=O)(=O)c1ccccc1)C1CCCN1. The van der Waals surface area contributed by atoms with Gasteiger partial charge in [-0.3, -0.25) is 4.79 Å². The lowest BCUT2D eigenvalue weighted by Crippen LogP contribution is -2.42. The number of nitrogens with one attached hydrogen (secondary N) is 2. The number of carbonyl (C=O) groups is 1. The highest BCUT2D eigenvalue weighted by molar-refractivity contribution is 7.91. The van der Waals surface area contributed by atoms with Gasteiger partial charge in [-0.2, -0.15) is 0 Å². The minimum absolute atomic E-state index is 0.0739. The molecule has 0 spiro atoms. The molecule has 1 atom stereocenters. The largest absolute Gasteiger partial charge is 0.354 e. The van der Waals surface area contributed by atoms with Crippen LogP contribution in [0.4, 0.5) is 0 Å². The highest BCUT2D eigenvalue weighted by Crippen LogP contribution is 2.09. The predicted octanol–water partition coefficient (Wildman–Crippen LogP) is 0.328. The Labute approximate surface area is 113 Å². The zero-order chi connectivity index (χ0) is 13.7. The van der Waals surface area contributed by atoms with Gasteiger partial charge < -0.3 is 10.6 Å². The fourth-order valence-electron chi connectivity index (χ4n) is 2.09. The quantitative estimate of drug-likeness (QED) is 0.816. The standard InChI is InChI=1S/C13H18N2O3S/c16-13(12-7-4-8-14-12)15-9-10-19(17,18)11-5-2-1-3-6-11/h1-3,5-6,12,14H,4,7-10H2,(H,15,16). The first-order chi connectivity index (χ1) is 9.09. The van der Waals surface area contributed by atoms with Crippen molar-refractivity contribution in [2.45, 2.75) is 23.8 Å². The summed E-state index contributed by atoms with van der Waals surface area (Å²) in [5, 5.41) is 5.74. The van der Waals surface area contributed by atoms with E-state index in [1.807, 2.05) is 0 Å². The van der Waals surface area contributed by atoms with Crippen LogP contribution in [0, 0.1) is 0 Å². The molecule has 19 heavy (non-hydrogen) atoms. The molecular weight excluding hydrogens is 264 g/mol. The van der Waals surface area contributed by atoms with Crippen molar-refractivity contribution in [2.24, 2.45) is 0 Å². The molecule has 1 amide bonds. The molecule has 6 heteroatoms. The Hall–Kier alpha value is -1.40. The third-order valence-electron chi connectivity index (χ3n) is 3.15. The van der Waals surface area contributed by atoms with Crippen LogP contribution in [0.15, 0.2) is 35.2 Å². The monoisotopic (exact) mass is 282 g/mol. The molecule has 1 heterocycles. The van der Waals surface area contributed by atoms with Crippen molar-refractivity contribution in [1.29, 1.82) is 0 Å². The number of sulfone groups is 1. The van der Waals surface area contributed by atoms with Crippen molar-refractivity contribution in [3.63, 3.8) is 0 Å². The molecule has 2 rings (SSSR count). The average molecular weight is 282 g/mol. The molecular formula is C13H18N2O3S. The second kappa shape index (κ2) is 6.16. The summed E-state index contributed by atoms with van der Waals surface area (Å²) in [6, 6.07) is 8.11. The fraction of sp³-hybridized carbons (Fsp3) is 0.462. The Kier molecular flexibility index (Phi) is 4.55. The van der Waals surface area contributed by atoms with Crippen LogP contribution in [0.5, 0.6) is 0 Å². The first-order valence-electron chi connectivity index (χ1n) is 6.38. The lowest BCUT2D eigenvalue weighted by molar-refractivity contribution is -0.122. The summed E-state index contributed by atoms with van der Waals surface area (Å²) in [5.41, 5.74) is 0. The Morgan fingerprint density at radius 2 is 2.05 bits per heavy atom. The molecule has 1 fully saturated rings. The maximum absolute atomic E-state index is 12.0. The minimum atomic E-state index is -3.31. The van der Waals surface area contributed by atoms with Crippen LogP contribution in [0.3, 0.4) is 0 Å². The Bertz CT molecular complexity index is 522. The summed E-state index contributed by atoms with van der Waals surface area (Å²) in [6.45, 7) is 0.995. The molecule has 0 bridgehead atoms. The minimum Gasteiger partial charge on any atom is -0.354 e. The number of carbonyl (C=O) groups excluding carboxylic acids is 1. The summed E-state index contributed by atoms with van der Waals surface area (Å²) < 4.78 is 23.9. The van der Waals surface area contributed by atoms with Gasteiger partial charge in [-0.1, -0.05) is 18.2 Å². The molecule has 2 N–H and O–H groups in total. The summed E-state index contributed by atoms with van der Waals surface area (Å²) >= 11 is 0. The van der Waals surface area contributed by atoms with E-state index in [4.69, 9.17) is 0 Å². The van der Waals surface area contributed by atoms with Gasteiger partial charge in [-0.05, 0) is 31.5 Å². The smallest absolute Gasteiger partial charge is 0.237 e. The highest BCUT2D eigenvalue weighted by atomic mass is 32.2. The maximum Gasteiger partial charge on any atom is 0.237 e. The van der Waals surface area contributed by atoms with E-state index in [-0.39, 0.29) is 24.2 Å². The van der Waals surface area contributed by atoms with Gasteiger partial charge in [0.1, 0.15) is 0 Å². The summed E-state index contributed by atoms with van der Waals surface area (Å²) in [6.07, 6.45) is 1.80. The van der Waals surface area contributed by atoms with Crippen molar-refractivity contribution in [2.75, 3.05) is 18.8 Å². The third-order valence-corrected chi connectivity index (χ3v) is 4.88. The van der Waals surface area contributed by atoms with E-state index in [2.05, 4.69) is 10.6 Å². The number of hydrogen-bond acceptors (Lipinski definition) is 4. The Morgan fingerprint density at radius 1 is 1.32 bits per heavy atom. The van der Waals surface area contributed by atoms with Crippen LogP contribution in [0.2, 0.25) is 0 Å². The molecule has 1 saturated heterocycles.